The van der Waals surface area contributed by atoms with Gasteiger partial charge in [-0.25, -0.2) is 0 Å². The molecule has 2 fully saturated rings. The van der Waals surface area contributed by atoms with E-state index < -0.39 is 0 Å². The van der Waals surface area contributed by atoms with Gasteiger partial charge in [-0.15, -0.1) is 0 Å². The molecule has 32 heavy (non-hydrogen) atoms. The Hall–Kier alpha value is -1.84. The average Bonchev–Trinajstić information content (AvgIpc) is 2.87. The Kier molecular flexibility index (Phi) is 8.64. The molecule has 4 rings (SSSR count). The first-order valence-corrected chi connectivity index (χ1v) is 12.9. The molecule has 0 bridgehead atoms. The van der Waals surface area contributed by atoms with E-state index in [4.69, 9.17) is 14.2 Å². The Morgan fingerprint density at radius 1 is 0.812 bits per heavy atom. The number of benzene rings is 2. The van der Waals surface area contributed by atoms with Crippen LogP contribution in [0.5, 0.6) is 5.75 Å². The predicted octanol–water partition coefficient (Wildman–Crippen LogP) is 7.69. The average molecular weight is 437 g/mol. The van der Waals surface area contributed by atoms with E-state index in [-0.39, 0.29) is 6.29 Å². The molecule has 0 atom stereocenters. The van der Waals surface area contributed by atoms with Crippen LogP contribution in [0.1, 0.15) is 106 Å². The highest BCUT2D eigenvalue weighted by Gasteiger charge is 2.28. The minimum absolute atomic E-state index is 0.284. The van der Waals surface area contributed by atoms with Crippen molar-refractivity contribution in [1.82, 2.24) is 0 Å². The van der Waals surface area contributed by atoms with E-state index in [0.29, 0.717) is 25.0 Å². The Balaban J connectivity index is 1.44. The van der Waals surface area contributed by atoms with Gasteiger partial charge in [0, 0.05) is 11.5 Å². The molecule has 0 aromatic heterocycles. The molecule has 3 heteroatoms. The molecule has 2 aliphatic rings. The highest BCUT2D eigenvalue weighted by atomic mass is 16.7. The maximum absolute atomic E-state index is 6.23. The van der Waals surface area contributed by atoms with E-state index in [1.807, 2.05) is 12.1 Å². The van der Waals surface area contributed by atoms with E-state index >= 15 is 0 Å². The molecule has 0 amide bonds. The minimum atomic E-state index is -0.284. The molecule has 1 saturated heterocycles. The second kappa shape index (κ2) is 11.9. The summed E-state index contributed by atoms with van der Waals surface area (Å²) >= 11 is 0. The number of hydrogen-bond donors (Lipinski definition) is 0. The first-order chi connectivity index (χ1) is 15.8. The molecule has 1 aliphatic carbocycles. The van der Waals surface area contributed by atoms with Gasteiger partial charge in [0.25, 0.3) is 0 Å². The van der Waals surface area contributed by atoms with Crippen LogP contribution in [0.15, 0.2) is 42.5 Å². The zero-order valence-corrected chi connectivity index (χ0v) is 20.0. The molecule has 174 valence electrons. The normalized spacial score (nSPS) is 22.1. The lowest BCUT2D eigenvalue weighted by atomic mass is 9.78. The van der Waals surface area contributed by atoms with Gasteiger partial charge >= 0.3 is 0 Å². The van der Waals surface area contributed by atoms with Gasteiger partial charge in [0.15, 0.2) is 6.29 Å². The maximum atomic E-state index is 6.23. The van der Waals surface area contributed by atoms with Crippen molar-refractivity contribution in [1.29, 1.82) is 0 Å². The highest BCUT2D eigenvalue weighted by Crippen LogP contribution is 2.39. The van der Waals surface area contributed by atoms with Crippen LogP contribution in [0.2, 0.25) is 0 Å². The smallest absolute Gasteiger partial charge is 0.183 e. The monoisotopic (exact) mass is 436 g/mol. The van der Waals surface area contributed by atoms with E-state index in [2.05, 4.69) is 44.2 Å². The Bertz CT molecular complexity index is 815. The summed E-state index contributed by atoms with van der Waals surface area (Å²) in [5.74, 6) is 1.92. The molecule has 1 heterocycles. The zero-order valence-electron chi connectivity index (χ0n) is 20.0. The first-order valence-electron chi connectivity index (χ1n) is 12.9. The zero-order chi connectivity index (χ0) is 22.2. The number of aryl methyl sites for hydroxylation is 1. The van der Waals surface area contributed by atoms with Gasteiger partial charge in [-0.05, 0) is 66.8 Å². The maximum Gasteiger partial charge on any atom is 0.183 e. The lowest BCUT2D eigenvalue weighted by molar-refractivity contribution is -0.191. The predicted molar refractivity (Wildman–Crippen MR) is 130 cm³/mol. The number of hydrogen-bond acceptors (Lipinski definition) is 3. The summed E-state index contributed by atoms with van der Waals surface area (Å²) in [6.45, 7) is 6.57. The van der Waals surface area contributed by atoms with Crippen molar-refractivity contribution in [2.24, 2.45) is 0 Å². The second-order valence-electron chi connectivity index (χ2n) is 9.51. The summed E-state index contributed by atoms with van der Waals surface area (Å²) in [5, 5.41) is 0. The van der Waals surface area contributed by atoms with Crippen molar-refractivity contribution in [2.45, 2.75) is 89.8 Å². The molecule has 1 aliphatic heterocycles. The molecule has 3 nitrogen and oxygen atoms in total. The van der Waals surface area contributed by atoms with Crippen LogP contribution in [0.25, 0.3) is 0 Å². The molecule has 0 radical (unpaired) electrons. The Morgan fingerprint density at radius 3 is 2.25 bits per heavy atom. The van der Waals surface area contributed by atoms with Gasteiger partial charge in [-0.3, -0.25) is 0 Å². The molecular formula is C29H40O3. The summed E-state index contributed by atoms with van der Waals surface area (Å²) in [7, 11) is 0. The summed E-state index contributed by atoms with van der Waals surface area (Å²) in [6.07, 6.45) is 11.2. The topological polar surface area (TPSA) is 27.7 Å². The third kappa shape index (κ3) is 5.94. The van der Waals surface area contributed by atoms with Crippen LogP contribution >= 0.6 is 0 Å². The lowest BCUT2D eigenvalue weighted by Gasteiger charge is -2.33. The Labute approximate surface area is 194 Å². The molecule has 2 aromatic carbocycles. The standard InChI is InChI=1S/C29H40O3/c1-3-5-9-22-12-17-27(28(19-22)23-10-7-6-8-11-23)25-20-31-29(32-21-25)24-13-15-26(16-14-24)30-18-4-2/h12-17,19,23,25,29H,3-11,18,20-21H2,1-2H3/t25-,29-. The minimum Gasteiger partial charge on any atom is -0.494 e. The van der Waals surface area contributed by atoms with Crippen molar-refractivity contribution in [3.63, 3.8) is 0 Å². The van der Waals surface area contributed by atoms with Crippen molar-refractivity contribution >= 4 is 0 Å². The molecule has 1 saturated carbocycles. The number of ether oxygens (including phenoxy) is 3. The summed E-state index contributed by atoms with van der Waals surface area (Å²) in [6, 6.07) is 15.4. The third-order valence-corrected chi connectivity index (χ3v) is 6.98. The molecule has 0 unspecified atom stereocenters. The van der Waals surface area contributed by atoms with Gasteiger partial charge < -0.3 is 14.2 Å². The van der Waals surface area contributed by atoms with Crippen molar-refractivity contribution in [3.8, 4) is 5.75 Å². The lowest BCUT2D eigenvalue weighted by Crippen LogP contribution is -2.27. The molecule has 0 spiro atoms. The van der Waals surface area contributed by atoms with Crippen LogP contribution in [0, 0.1) is 0 Å². The van der Waals surface area contributed by atoms with Crippen LogP contribution in [0.4, 0.5) is 0 Å². The van der Waals surface area contributed by atoms with Crippen molar-refractivity contribution in [2.75, 3.05) is 19.8 Å². The van der Waals surface area contributed by atoms with Gasteiger partial charge in [0.1, 0.15) is 5.75 Å². The molecule has 0 N–H and O–H groups in total. The van der Waals surface area contributed by atoms with Gasteiger partial charge in [-0.1, -0.05) is 69.9 Å². The van der Waals surface area contributed by atoms with Crippen LogP contribution in [-0.4, -0.2) is 19.8 Å². The fourth-order valence-electron chi connectivity index (χ4n) is 5.12. The summed E-state index contributed by atoms with van der Waals surface area (Å²) < 4.78 is 18.1. The quantitative estimate of drug-likeness (QED) is 0.403. The number of unbranched alkanes of at least 4 members (excludes halogenated alkanes) is 1. The second-order valence-corrected chi connectivity index (χ2v) is 9.51. The largest absolute Gasteiger partial charge is 0.494 e. The fraction of sp³-hybridized carbons (Fsp3) is 0.586. The van der Waals surface area contributed by atoms with Crippen molar-refractivity contribution < 1.29 is 14.2 Å². The van der Waals surface area contributed by atoms with Gasteiger partial charge in [0.2, 0.25) is 0 Å². The van der Waals surface area contributed by atoms with Gasteiger partial charge in [-0.2, -0.15) is 0 Å². The summed E-state index contributed by atoms with van der Waals surface area (Å²) in [4.78, 5) is 0. The van der Waals surface area contributed by atoms with E-state index in [9.17, 15) is 0 Å². The van der Waals surface area contributed by atoms with Crippen LogP contribution in [0.3, 0.4) is 0 Å². The Morgan fingerprint density at radius 2 is 1.56 bits per heavy atom. The van der Waals surface area contributed by atoms with Crippen LogP contribution in [-0.2, 0) is 15.9 Å². The third-order valence-electron chi connectivity index (χ3n) is 6.98. The van der Waals surface area contributed by atoms with Crippen molar-refractivity contribution in [3.05, 3.63) is 64.7 Å². The molecular weight excluding hydrogens is 396 g/mol. The van der Waals surface area contributed by atoms with Gasteiger partial charge in [0.05, 0.1) is 19.8 Å². The SMILES string of the molecule is CCCCc1ccc([C@H]2CO[C@H](c3ccc(OCCC)cc3)OC2)c(C2CCCCC2)c1. The molecule has 2 aromatic rings. The van der Waals surface area contributed by atoms with Crippen LogP contribution < -0.4 is 4.74 Å². The van der Waals surface area contributed by atoms with E-state index in [0.717, 1.165) is 24.3 Å². The number of rotatable bonds is 9. The fourth-order valence-corrected chi connectivity index (χ4v) is 5.12. The first kappa shape index (κ1) is 23.3. The summed E-state index contributed by atoms with van der Waals surface area (Å²) in [5.41, 5.74) is 5.59. The van der Waals surface area contributed by atoms with E-state index in [1.165, 1.54) is 62.5 Å². The highest BCUT2D eigenvalue weighted by molar-refractivity contribution is 5.38. The van der Waals surface area contributed by atoms with E-state index in [1.54, 1.807) is 5.56 Å².